The lowest BCUT2D eigenvalue weighted by atomic mass is 10.1. The van der Waals surface area contributed by atoms with E-state index in [2.05, 4.69) is 5.32 Å². The first-order chi connectivity index (χ1) is 9.62. The SMILES string of the molecule is CCCS(=O)(=O)N1CCC(NCC2CCC=CO2)CC1. The van der Waals surface area contributed by atoms with Gasteiger partial charge >= 0.3 is 0 Å². The number of nitrogens with one attached hydrogen (secondary N) is 1. The van der Waals surface area contributed by atoms with Gasteiger partial charge in [-0.25, -0.2) is 12.7 Å². The molecule has 1 saturated heterocycles. The highest BCUT2D eigenvalue weighted by Gasteiger charge is 2.27. The van der Waals surface area contributed by atoms with Crippen molar-refractivity contribution in [1.29, 1.82) is 0 Å². The number of rotatable bonds is 6. The summed E-state index contributed by atoms with van der Waals surface area (Å²) in [6, 6.07) is 0.414. The van der Waals surface area contributed by atoms with Crippen LogP contribution < -0.4 is 5.32 Å². The van der Waals surface area contributed by atoms with Gasteiger partial charge in [-0.15, -0.1) is 0 Å². The number of piperidine rings is 1. The number of ether oxygens (including phenoxy) is 1. The second-order valence-electron chi connectivity index (χ2n) is 5.60. The first kappa shape index (κ1) is 15.8. The molecule has 0 aromatic heterocycles. The Balaban J connectivity index is 1.70. The molecule has 1 atom stereocenters. The van der Waals surface area contributed by atoms with E-state index in [-0.39, 0.29) is 11.9 Å². The molecule has 2 rings (SSSR count). The Morgan fingerprint density at radius 3 is 2.65 bits per heavy atom. The van der Waals surface area contributed by atoms with Gasteiger partial charge in [-0.1, -0.05) is 6.92 Å². The first-order valence-electron chi connectivity index (χ1n) is 7.63. The summed E-state index contributed by atoms with van der Waals surface area (Å²) in [7, 11) is -3.02. The Labute approximate surface area is 122 Å². The van der Waals surface area contributed by atoms with E-state index in [1.54, 1.807) is 10.6 Å². The van der Waals surface area contributed by atoms with Crippen LogP contribution in [0.4, 0.5) is 0 Å². The van der Waals surface area contributed by atoms with Gasteiger partial charge in [0.25, 0.3) is 0 Å². The van der Waals surface area contributed by atoms with Crippen molar-refractivity contribution >= 4 is 10.0 Å². The average molecular weight is 302 g/mol. The molecule has 2 heterocycles. The fourth-order valence-corrected chi connectivity index (χ4v) is 4.30. The minimum Gasteiger partial charge on any atom is -0.497 e. The van der Waals surface area contributed by atoms with E-state index in [1.807, 2.05) is 13.0 Å². The van der Waals surface area contributed by atoms with Gasteiger partial charge in [0.2, 0.25) is 10.0 Å². The lowest BCUT2D eigenvalue weighted by molar-refractivity contribution is 0.116. The Morgan fingerprint density at radius 2 is 2.05 bits per heavy atom. The van der Waals surface area contributed by atoms with Crippen LogP contribution >= 0.6 is 0 Å². The highest BCUT2D eigenvalue weighted by molar-refractivity contribution is 7.89. The standard InChI is InChI=1S/C14H26N2O3S/c1-2-11-20(17,18)16-8-6-13(7-9-16)15-12-14-5-3-4-10-19-14/h4,10,13-15H,2-3,5-9,11-12H2,1H3. The van der Waals surface area contributed by atoms with Crippen LogP contribution in [0.2, 0.25) is 0 Å². The maximum absolute atomic E-state index is 12.0. The molecule has 116 valence electrons. The lowest BCUT2D eigenvalue weighted by Gasteiger charge is -2.32. The molecular formula is C14H26N2O3S. The predicted octanol–water partition coefficient (Wildman–Crippen LogP) is 1.47. The summed E-state index contributed by atoms with van der Waals surface area (Å²) in [4.78, 5) is 0. The zero-order valence-electron chi connectivity index (χ0n) is 12.3. The summed E-state index contributed by atoms with van der Waals surface area (Å²) in [5, 5.41) is 3.51. The summed E-state index contributed by atoms with van der Waals surface area (Å²) in [6.45, 7) is 4.05. The number of hydrogen-bond donors (Lipinski definition) is 1. The highest BCUT2D eigenvalue weighted by atomic mass is 32.2. The van der Waals surface area contributed by atoms with Crippen LogP contribution in [0.1, 0.15) is 39.0 Å². The molecule has 0 aliphatic carbocycles. The maximum Gasteiger partial charge on any atom is 0.214 e. The molecule has 0 aromatic rings. The summed E-state index contributed by atoms with van der Waals surface area (Å²) in [5.74, 6) is 0.271. The van der Waals surface area contributed by atoms with Gasteiger partial charge < -0.3 is 10.1 Å². The molecule has 0 spiro atoms. The molecule has 0 radical (unpaired) electrons. The van der Waals surface area contributed by atoms with E-state index < -0.39 is 10.0 Å². The molecule has 2 aliphatic rings. The molecule has 5 nitrogen and oxygen atoms in total. The molecule has 0 bridgehead atoms. The third kappa shape index (κ3) is 4.46. The largest absolute Gasteiger partial charge is 0.497 e. The van der Waals surface area contributed by atoms with Crippen molar-refractivity contribution in [2.24, 2.45) is 0 Å². The van der Waals surface area contributed by atoms with Crippen LogP contribution in [0.25, 0.3) is 0 Å². The van der Waals surface area contributed by atoms with Crippen LogP contribution in [-0.4, -0.2) is 50.3 Å². The molecular weight excluding hydrogens is 276 g/mol. The predicted molar refractivity (Wildman–Crippen MR) is 79.9 cm³/mol. The second-order valence-corrected chi connectivity index (χ2v) is 7.69. The quantitative estimate of drug-likeness (QED) is 0.807. The molecule has 6 heteroatoms. The van der Waals surface area contributed by atoms with Gasteiger partial charge in [0.05, 0.1) is 12.0 Å². The minimum atomic E-state index is -3.02. The van der Waals surface area contributed by atoms with Crippen LogP contribution in [0.5, 0.6) is 0 Å². The van der Waals surface area contributed by atoms with E-state index in [9.17, 15) is 8.42 Å². The van der Waals surface area contributed by atoms with E-state index in [1.165, 1.54) is 0 Å². The fourth-order valence-electron chi connectivity index (χ4n) is 2.76. The molecule has 0 amide bonds. The van der Waals surface area contributed by atoms with Crippen LogP contribution in [0.3, 0.4) is 0 Å². The van der Waals surface area contributed by atoms with Crippen molar-refractivity contribution in [1.82, 2.24) is 9.62 Å². The molecule has 1 fully saturated rings. The molecule has 2 aliphatic heterocycles. The van der Waals surface area contributed by atoms with Gasteiger partial charge in [-0.2, -0.15) is 0 Å². The summed E-state index contributed by atoms with van der Waals surface area (Å²) >= 11 is 0. The lowest BCUT2D eigenvalue weighted by Crippen LogP contribution is -2.47. The van der Waals surface area contributed by atoms with Crippen molar-refractivity contribution in [3.05, 3.63) is 12.3 Å². The van der Waals surface area contributed by atoms with Crippen LogP contribution in [0.15, 0.2) is 12.3 Å². The third-order valence-corrected chi connectivity index (χ3v) is 6.04. The van der Waals surface area contributed by atoms with Gasteiger partial charge in [0, 0.05) is 25.7 Å². The van der Waals surface area contributed by atoms with Crippen LogP contribution in [-0.2, 0) is 14.8 Å². The Morgan fingerprint density at radius 1 is 1.30 bits per heavy atom. The molecule has 1 N–H and O–H groups in total. The number of sulfonamides is 1. The third-order valence-electron chi connectivity index (χ3n) is 3.97. The molecule has 0 saturated carbocycles. The second kappa shape index (κ2) is 7.43. The molecule has 20 heavy (non-hydrogen) atoms. The summed E-state index contributed by atoms with van der Waals surface area (Å²) in [5.41, 5.74) is 0. The van der Waals surface area contributed by atoms with Crippen molar-refractivity contribution in [2.45, 2.75) is 51.2 Å². The Bertz CT molecular complexity index is 414. The van der Waals surface area contributed by atoms with E-state index in [0.29, 0.717) is 25.6 Å². The monoisotopic (exact) mass is 302 g/mol. The maximum atomic E-state index is 12.0. The Kier molecular flexibility index (Phi) is 5.86. The van der Waals surface area contributed by atoms with Gasteiger partial charge in [0.15, 0.2) is 0 Å². The topological polar surface area (TPSA) is 58.6 Å². The van der Waals surface area contributed by atoms with Crippen LogP contribution in [0, 0.1) is 0 Å². The first-order valence-corrected chi connectivity index (χ1v) is 9.24. The normalized spacial score (nSPS) is 25.6. The average Bonchev–Trinajstić information content (AvgIpc) is 2.47. The fraction of sp³-hybridized carbons (Fsp3) is 0.857. The number of nitrogens with zero attached hydrogens (tertiary/aromatic N) is 1. The smallest absolute Gasteiger partial charge is 0.214 e. The zero-order chi connectivity index (χ0) is 14.4. The highest BCUT2D eigenvalue weighted by Crippen LogP contribution is 2.16. The van der Waals surface area contributed by atoms with Crippen molar-refractivity contribution in [3.8, 4) is 0 Å². The molecule has 0 aromatic carbocycles. The van der Waals surface area contributed by atoms with Gasteiger partial charge in [-0.3, -0.25) is 0 Å². The Hall–Kier alpha value is -0.590. The van der Waals surface area contributed by atoms with E-state index in [4.69, 9.17) is 4.74 Å². The summed E-state index contributed by atoms with van der Waals surface area (Å²) < 4.78 is 31.1. The van der Waals surface area contributed by atoms with Gasteiger partial charge in [-0.05, 0) is 38.2 Å². The van der Waals surface area contributed by atoms with E-state index in [0.717, 1.165) is 32.2 Å². The van der Waals surface area contributed by atoms with Gasteiger partial charge in [0.1, 0.15) is 6.10 Å². The summed E-state index contributed by atoms with van der Waals surface area (Å²) in [6.07, 6.45) is 8.72. The number of allylic oxidation sites excluding steroid dienone is 1. The minimum absolute atomic E-state index is 0.266. The molecule has 1 unspecified atom stereocenters. The van der Waals surface area contributed by atoms with E-state index >= 15 is 0 Å². The van der Waals surface area contributed by atoms with Crippen molar-refractivity contribution < 1.29 is 13.2 Å². The van der Waals surface area contributed by atoms with Crippen molar-refractivity contribution in [3.63, 3.8) is 0 Å². The zero-order valence-corrected chi connectivity index (χ0v) is 13.1. The van der Waals surface area contributed by atoms with Crippen molar-refractivity contribution in [2.75, 3.05) is 25.4 Å². The number of hydrogen-bond acceptors (Lipinski definition) is 4.